The molecule has 2 aromatic heterocycles. The summed E-state index contributed by atoms with van der Waals surface area (Å²) in [6, 6.07) is 7.49. The van der Waals surface area contributed by atoms with Gasteiger partial charge in [-0.3, -0.25) is 4.79 Å². The molecular weight excluding hydrogens is 412 g/mol. The van der Waals surface area contributed by atoms with Gasteiger partial charge in [0.15, 0.2) is 5.16 Å². The van der Waals surface area contributed by atoms with Gasteiger partial charge in [0.05, 0.1) is 22.9 Å². The number of carbonyl (C=O) groups excluding carboxylic acids is 1. The summed E-state index contributed by atoms with van der Waals surface area (Å²) in [6.07, 6.45) is 5.35. The van der Waals surface area contributed by atoms with E-state index < -0.39 is 0 Å². The Morgan fingerprint density at radius 1 is 1.34 bits per heavy atom. The van der Waals surface area contributed by atoms with E-state index in [0.717, 1.165) is 12.8 Å². The molecule has 4 rings (SSSR count). The zero-order valence-electron chi connectivity index (χ0n) is 15.6. The molecule has 10 heteroatoms. The highest BCUT2D eigenvalue weighted by atomic mass is 35.5. The lowest BCUT2D eigenvalue weighted by Gasteiger charge is -2.20. The summed E-state index contributed by atoms with van der Waals surface area (Å²) in [5.41, 5.74) is 0.675. The minimum atomic E-state index is 0.00291. The number of hydrogen-bond donors (Lipinski definition) is 0. The first-order valence-electron chi connectivity index (χ1n) is 9.14. The van der Waals surface area contributed by atoms with Crippen LogP contribution in [0.5, 0.6) is 0 Å². The Morgan fingerprint density at radius 3 is 2.93 bits per heavy atom. The van der Waals surface area contributed by atoms with E-state index in [1.807, 2.05) is 22.8 Å². The first-order chi connectivity index (χ1) is 14.2. The van der Waals surface area contributed by atoms with Crippen molar-refractivity contribution in [2.75, 3.05) is 5.75 Å². The number of hydrogen-bond acceptors (Lipinski definition) is 7. The predicted molar refractivity (Wildman–Crippen MR) is 109 cm³/mol. The van der Waals surface area contributed by atoms with Crippen LogP contribution in [0.1, 0.15) is 18.7 Å². The summed E-state index contributed by atoms with van der Waals surface area (Å²) in [5, 5.41) is 17.4. The molecule has 0 bridgehead atoms. The normalized spacial score (nSPS) is 13.4. The maximum Gasteiger partial charge on any atom is 0.249 e. The monoisotopic (exact) mass is 430 g/mol. The van der Waals surface area contributed by atoms with Crippen molar-refractivity contribution in [2.45, 2.75) is 37.1 Å². The molecule has 0 spiro atoms. The molecule has 0 aliphatic heterocycles. The van der Waals surface area contributed by atoms with Gasteiger partial charge in [-0.15, -0.1) is 27.0 Å². The molecule has 0 saturated heterocycles. The topological polar surface area (TPSA) is 89.9 Å². The average molecular weight is 431 g/mol. The Kier molecular flexibility index (Phi) is 5.96. The zero-order valence-corrected chi connectivity index (χ0v) is 17.1. The molecule has 0 unspecified atom stereocenters. The molecule has 3 aromatic rings. The number of rotatable bonds is 9. The summed E-state index contributed by atoms with van der Waals surface area (Å²) in [7, 11) is 0. The highest BCUT2D eigenvalue weighted by Crippen LogP contribution is 2.31. The van der Waals surface area contributed by atoms with Gasteiger partial charge in [0.2, 0.25) is 17.7 Å². The Balaban J connectivity index is 1.42. The molecule has 29 heavy (non-hydrogen) atoms. The van der Waals surface area contributed by atoms with Crippen molar-refractivity contribution < 1.29 is 9.21 Å². The molecule has 1 aliphatic rings. The number of aromatic nitrogens is 5. The van der Waals surface area contributed by atoms with E-state index in [9.17, 15) is 4.79 Å². The van der Waals surface area contributed by atoms with Crippen LogP contribution in [-0.4, -0.2) is 47.6 Å². The van der Waals surface area contributed by atoms with Gasteiger partial charge in [0.25, 0.3) is 0 Å². The number of benzene rings is 1. The van der Waals surface area contributed by atoms with Crippen LogP contribution in [0.4, 0.5) is 0 Å². The Bertz CT molecular complexity index is 1020. The quantitative estimate of drug-likeness (QED) is 0.379. The minimum absolute atomic E-state index is 0.00291. The highest BCUT2D eigenvalue weighted by Gasteiger charge is 2.34. The molecule has 8 nitrogen and oxygen atoms in total. The second kappa shape index (κ2) is 8.79. The van der Waals surface area contributed by atoms with Crippen molar-refractivity contribution in [1.29, 1.82) is 0 Å². The summed E-state index contributed by atoms with van der Waals surface area (Å²) in [4.78, 5) is 14.6. The van der Waals surface area contributed by atoms with Crippen LogP contribution < -0.4 is 0 Å². The molecule has 1 amide bonds. The summed E-state index contributed by atoms with van der Waals surface area (Å²) < 4.78 is 7.61. The smallest absolute Gasteiger partial charge is 0.249 e. The number of amides is 1. The van der Waals surface area contributed by atoms with Crippen LogP contribution >= 0.6 is 23.4 Å². The van der Waals surface area contributed by atoms with Crippen LogP contribution in [0.25, 0.3) is 11.5 Å². The van der Waals surface area contributed by atoms with Crippen molar-refractivity contribution in [2.24, 2.45) is 0 Å². The zero-order chi connectivity index (χ0) is 20.2. The van der Waals surface area contributed by atoms with Crippen LogP contribution in [0.15, 0.2) is 52.8 Å². The lowest BCUT2D eigenvalue weighted by Crippen LogP contribution is -2.34. The van der Waals surface area contributed by atoms with Gasteiger partial charge in [0.1, 0.15) is 6.33 Å². The maximum atomic E-state index is 12.8. The standard InChI is InChI=1S/C19H19ClN6O2S/c1-2-9-25-12-21-24-19(25)29-11-17(27)26(13-7-8-13)10-16-22-23-18(28-16)14-5-3-4-6-15(14)20/h2-6,12-13H,1,7-11H2. The third-order valence-electron chi connectivity index (χ3n) is 4.42. The van der Waals surface area contributed by atoms with Crippen LogP contribution in [0.2, 0.25) is 5.02 Å². The van der Waals surface area contributed by atoms with E-state index in [1.165, 1.54) is 11.8 Å². The first kappa shape index (κ1) is 19.7. The fourth-order valence-electron chi connectivity index (χ4n) is 2.84. The molecular formula is C19H19ClN6O2S. The fourth-order valence-corrected chi connectivity index (χ4v) is 3.87. The summed E-state index contributed by atoms with van der Waals surface area (Å²) in [6.45, 7) is 4.59. The SMILES string of the molecule is C=CCn1cnnc1SCC(=O)N(Cc1nnc(-c2ccccc2Cl)o1)C1CC1. The Hall–Kier alpha value is -2.65. The van der Waals surface area contributed by atoms with Crippen molar-refractivity contribution in [3.63, 3.8) is 0 Å². The highest BCUT2D eigenvalue weighted by molar-refractivity contribution is 7.99. The first-order valence-corrected chi connectivity index (χ1v) is 10.5. The molecule has 1 saturated carbocycles. The maximum absolute atomic E-state index is 12.8. The largest absolute Gasteiger partial charge is 0.419 e. The van der Waals surface area contributed by atoms with Crippen molar-refractivity contribution >= 4 is 29.3 Å². The number of halogens is 1. The average Bonchev–Trinajstić information content (AvgIpc) is 3.29. The third-order valence-corrected chi connectivity index (χ3v) is 5.71. The van der Waals surface area contributed by atoms with Crippen molar-refractivity contribution in [1.82, 2.24) is 29.9 Å². The van der Waals surface area contributed by atoms with Gasteiger partial charge in [-0.05, 0) is 25.0 Å². The molecule has 0 atom stereocenters. The minimum Gasteiger partial charge on any atom is -0.419 e. The number of carbonyl (C=O) groups is 1. The van der Waals surface area contributed by atoms with E-state index in [0.29, 0.717) is 34.1 Å². The fraction of sp³-hybridized carbons (Fsp3) is 0.316. The van der Waals surface area contributed by atoms with E-state index in [-0.39, 0.29) is 24.2 Å². The van der Waals surface area contributed by atoms with Gasteiger partial charge in [0, 0.05) is 12.6 Å². The molecule has 1 fully saturated rings. The lowest BCUT2D eigenvalue weighted by atomic mass is 10.2. The van der Waals surface area contributed by atoms with Crippen LogP contribution in [0.3, 0.4) is 0 Å². The summed E-state index contributed by atoms with van der Waals surface area (Å²) in [5.74, 6) is 1.00. The van der Waals surface area contributed by atoms with Gasteiger partial charge in [-0.25, -0.2) is 0 Å². The second-order valence-corrected chi connectivity index (χ2v) is 7.93. The lowest BCUT2D eigenvalue weighted by molar-refractivity contribution is -0.129. The van der Waals surface area contributed by atoms with Gasteiger partial charge in [-0.2, -0.15) is 0 Å². The number of nitrogens with zero attached hydrogens (tertiary/aromatic N) is 6. The van der Waals surface area contributed by atoms with Crippen molar-refractivity contribution in [3.8, 4) is 11.5 Å². The summed E-state index contributed by atoms with van der Waals surface area (Å²) >= 11 is 7.55. The van der Waals surface area contributed by atoms with Gasteiger partial charge >= 0.3 is 0 Å². The van der Waals surface area contributed by atoms with E-state index in [4.69, 9.17) is 16.0 Å². The molecule has 0 N–H and O–H groups in total. The van der Waals surface area contributed by atoms with E-state index in [1.54, 1.807) is 23.4 Å². The van der Waals surface area contributed by atoms with Crippen LogP contribution in [-0.2, 0) is 17.9 Å². The third kappa shape index (κ3) is 4.68. The van der Waals surface area contributed by atoms with Crippen LogP contribution in [0, 0.1) is 0 Å². The Labute approximate surface area is 177 Å². The second-order valence-electron chi connectivity index (χ2n) is 6.58. The molecule has 150 valence electrons. The number of thioether (sulfide) groups is 1. The Morgan fingerprint density at radius 2 is 2.17 bits per heavy atom. The van der Waals surface area contributed by atoms with Gasteiger partial charge < -0.3 is 13.9 Å². The molecule has 1 aliphatic carbocycles. The van der Waals surface area contributed by atoms with E-state index >= 15 is 0 Å². The predicted octanol–water partition coefficient (Wildman–Crippen LogP) is 3.45. The molecule has 1 aromatic carbocycles. The van der Waals surface area contributed by atoms with E-state index in [2.05, 4.69) is 27.0 Å². The molecule has 0 radical (unpaired) electrons. The van der Waals surface area contributed by atoms with Gasteiger partial charge in [-0.1, -0.05) is 41.6 Å². The molecule has 2 heterocycles. The van der Waals surface area contributed by atoms with Crippen molar-refractivity contribution in [3.05, 3.63) is 54.2 Å². The number of allylic oxidation sites excluding steroid dienone is 1.